The molecule has 33 heavy (non-hydrogen) atoms. The van der Waals surface area contributed by atoms with Gasteiger partial charge in [0.1, 0.15) is 21.5 Å². The minimum absolute atomic E-state index is 0.726. The second kappa shape index (κ2) is 9.90. The molecule has 0 spiro atoms. The van der Waals surface area contributed by atoms with E-state index in [-0.39, 0.29) is 0 Å². The van der Waals surface area contributed by atoms with Crippen molar-refractivity contribution in [3.8, 4) is 21.8 Å². The van der Waals surface area contributed by atoms with Crippen LogP contribution in [-0.4, -0.2) is 28.8 Å². The minimum Gasteiger partial charge on any atom is -0.356 e. The van der Waals surface area contributed by atoms with Crippen LogP contribution in [0.4, 0.5) is 5.00 Å². The van der Waals surface area contributed by atoms with Crippen LogP contribution < -0.4 is 0 Å². The summed E-state index contributed by atoms with van der Waals surface area (Å²) >= 11 is 7.76. The number of hydrogen-bond donors (Lipinski definition) is 0. The minimum atomic E-state index is 0.726. The Balaban J connectivity index is 1.65. The van der Waals surface area contributed by atoms with Crippen LogP contribution in [0.3, 0.4) is 0 Å². The average Bonchev–Trinajstić information content (AvgIpc) is 3.29. The maximum Gasteiger partial charge on any atom is 0.146 e. The van der Waals surface area contributed by atoms with E-state index in [1.807, 2.05) is 30.3 Å². The Morgan fingerprint density at radius 2 is 1.55 bits per heavy atom. The number of likely N-dealkylation sites (tertiary alicyclic amines) is 1. The quantitative estimate of drug-likeness (QED) is 0.223. The van der Waals surface area contributed by atoms with Gasteiger partial charge in [0.25, 0.3) is 0 Å². The van der Waals surface area contributed by atoms with Crippen molar-refractivity contribution in [2.24, 2.45) is 4.99 Å². The Morgan fingerprint density at radius 3 is 2.24 bits per heavy atom. The van der Waals surface area contributed by atoms with E-state index < -0.39 is 0 Å². The molecule has 1 aliphatic heterocycles. The van der Waals surface area contributed by atoms with Gasteiger partial charge >= 0.3 is 0 Å². The number of halogens is 1. The highest BCUT2D eigenvalue weighted by molar-refractivity contribution is 7.19. The molecule has 1 aliphatic rings. The first kappa shape index (κ1) is 21.9. The highest BCUT2D eigenvalue weighted by Gasteiger charge is 2.20. The standard InChI is InChI=1S/C28H26ClN3S/c1-20-10-12-22(13-11-20)26(32-18-6-3-7-19-32)31-28-25(21-8-4-2-5-9-21)30-27(33-28)23-14-16-24(29)17-15-23/h2,4-5,8-17H,3,6-7,18-19H2,1H3/b31-26-. The second-order valence-electron chi connectivity index (χ2n) is 8.39. The Labute approximate surface area is 204 Å². The summed E-state index contributed by atoms with van der Waals surface area (Å²) < 4.78 is 0. The number of piperidine rings is 1. The van der Waals surface area contributed by atoms with E-state index in [4.69, 9.17) is 21.6 Å². The number of rotatable bonds is 4. The van der Waals surface area contributed by atoms with Crippen molar-refractivity contribution in [1.29, 1.82) is 0 Å². The fourth-order valence-electron chi connectivity index (χ4n) is 4.11. The Bertz CT molecular complexity index is 1240. The summed E-state index contributed by atoms with van der Waals surface area (Å²) in [5, 5.41) is 2.61. The van der Waals surface area contributed by atoms with Gasteiger partial charge in [0, 0.05) is 34.8 Å². The molecule has 2 heterocycles. The van der Waals surface area contributed by atoms with Gasteiger partial charge in [0.05, 0.1) is 0 Å². The van der Waals surface area contributed by atoms with Crippen molar-refractivity contribution in [2.75, 3.05) is 13.1 Å². The molecule has 166 valence electrons. The van der Waals surface area contributed by atoms with E-state index in [1.165, 1.54) is 24.8 Å². The fourth-order valence-corrected chi connectivity index (χ4v) is 5.20. The van der Waals surface area contributed by atoms with E-state index >= 15 is 0 Å². The van der Waals surface area contributed by atoms with Crippen molar-refractivity contribution in [1.82, 2.24) is 9.88 Å². The van der Waals surface area contributed by atoms with E-state index in [9.17, 15) is 0 Å². The van der Waals surface area contributed by atoms with Crippen molar-refractivity contribution < 1.29 is 0 Å². The molecule has 1 fully saturated rings. The van der Waals surface area contributed by atoms with E-state index in [2.05, 4.69) is 60.4 Å². The zero-order valence-corrected chi connectivity index (χ0v) is 20.2. The summed E-state index contributed by atoms with van der Waals surface area (Å²) in [6, 6.07) is 26.9. The molecular formula is C28H26ClN3S. The van der Waals surface area contributed by atoms with Crippen LogP contribution in [0, 0.1) is 6.92 Å². The van der Waals surface area contributed by atoms with Gasteiger partial charge in [-0.3, -0.25) is 0 Å². The first-order valence-electron chi connectivity index (χ1n) is 11.4. The number of hydrogen-bond acceptors (Lipinski definition) is 3. The zero-order chi connectivity index (χ0) is 22.6. The van der Waals surface area contributed by atoms with E-state index in [1.54, 1.807) is 11.3 Å². The number of aryl methyl sites for hydroxylation is 1. The van der Waals surface area contributed by atoms with Gasteiger partial charge in [-0.15, -0.1) is 0 Å². The van der Waals surface area contributed by atoms with Crippen LogP contribution in [0.1, 0.15) is 30.4 Å². The summed E-state index contributed by atoms with van der Waals surface area (Å²) in [5.41, 5.74) is 5.46. The molecule has 1 aromatic heterocycles. The topological polar surface area (TPSA) is 28.5 Å². The molecule has 0 amide bonds. The summed E-state index contributed by atoms with van der Waals surface area (Å²) in [6.45, 7) is 4.20. The summed E-state index contributed by atoms with van der Waals surface area (Å²) in [7, 11) is 0. The third kappa shape index (κ3) is 5.02. The van der Waals surface area contributed by atoms with Gasteiger partial charge in [-0.1, -0.05) is 95.2 Å². The van der Waals surface area contributed by atoms with Gasteiger partial charge in [-0.05, 0) is 38.3 Å². The molecule has 0 bridgehead atoms. The lowest BCUT2D eigenvalue weighted by molar-refractivity contribution is 0.343. The largest absolute Gasteiger partial charge is 0.356 e. The Kier molecular flexibility index (Phi) is 6.56. The van der Waals surface area contributed by atoms with E-state index in [0.29, 0.717) is 0 Å². The van der Waals surface area contributed by atoms with Gasteiger partial charge in [0.15, 0.2) is 0 Å². The fraction of sp³-hybridized carbons (Fsp3) is 0.214. The molecule has 0 saturated carbocycles. The number of amidine groups is 1. The number of benzene rings is 3. The van der Waals surface area contributed by atoms with Gasteiger partial charge in [-0.2, -0.15) is 0 Å². The normalized spacial score (nSPS) is 14.5. The molecule has 3 aromatic carbocycles. The number of nitrogens with zero attached hydrogens (tertiary/aromatic N) is 3. The molecule has 0 unspecified atom stereocenters. The van der Waals surface area contributed by atoms with Crippen LogP contribution in [0.2, 0.25) is 5.02 Å². The molecule has 0 radical (unpaired) electrons. The molecule has 3 nitrogen and oxygen atoms in total. The number of aromatic nitrogens is 1. The summed E-state index contributed by atoms with van der Waals surface area (Å²) in [4.78, 5) is 12.8. The number of thiazole rings is 1. The van der Waals surface area contributed by atoms with Gasteiger partial charge in [-0.25, -0.2) is 9.98 Å². The Hall–Kier alpha value is -2.95. The van der Waals surface area contributed by atoms with Gasteiger partial charge in [0.2, 0.25) is 0 Å². The first-order chi connectivity index (χ1) is 16.2. The maximum atomic E-state index is 6.12. The van der Waals surface area contributed by atoms with Crippen LogP contribution in [0.15, 0.2) is 83.9 Å². The highest BCUT2D eigenvalue weighted by atomic mass is 35.5. The average molecular weight is 472 g/mol. The van der Waals surface area contributed by atoms with Crippen molar-refractivity contribution in [3.05, 3.63) is 95.0 Å². The third-order valence-electron chi connectivity index (χ3n) is 5.92. The summed E-state index contributed by atoms with van der Waals surface area (Å²) in [5.74, 6) is 1.04. The lowest BCUT2D eigenvalue weighted by Crippen LogP contribution is -2.36. The molecule has 5 heteroatoms. The lowest BCUT2D eigenvalue weighted by atomic mass is 10.1. The molecule has 0 atom stereocenters. The second-order valence-corrected chi connectivity index (χ2v) is 9.81. The lowest BCUT2D eigenvalue weighted by Gasteiger charge is -2.30. The van der Waals surface area contributed by atoms with Gasteiger partial charge < -0.3 is 4.90 Å². The summed E-state index contributed by atoms with van der Waals surface area (Å²) in [6.07, 6.45) is 3.69. The highest BCUT2D eigenvalue weighted by Crippen LogP contribution is 2.40. The molecule has 0 N–H and O–H groups in total. The van der Waals surface area contributed by atoms with Crippen molar-refractivity contribution >= 4 is 33.8 Å². The zero-order valence-electron chi connectivity index (χ0n) is 18.7. The van der Waals surface area contributed by atoms with Crippen molar-refractivity contribution in [2.45, 2.75) is 26.2 Å². The third-order valence-corrected chi connectivity index (χ3v) is 7.17. The maximum absolute atomic E-state index is 6.12. The molecule has 5 rings (SSSR count). The van der Waals surface area contributed by atoms with E-state index in [0.717, 1.165) is 56.3 Å². The van der Waals surface area contributed by atoms with Crippen molar-refractivity contribution in [3.63, 3.8) is 0 Å². The molecule has 4 aromatic rings. The van der Waals surface area contributed by atoms with Crippen LogP contribution in [0.5, 0.6) is 0 Å². The predicted octanol–water partition coefficient (Wildman–Crippen LogP) is 8.00. The molecule has 0 aliphatic carbocycles. The Morgan fingerprint density at radius 1 is 0.848 bits per heavy atom. The van der Waals surface area contributed by atoms with Crippen LogP contribution >= 0.6 is 22.9 Å². The monoisotopic (exact) mass is 471 g/mol. The van der Waals surface area contributed by atoms with Crippen LogP contribution in [0.25, 0.3) is 21.8 Å². The first-order valence-corrected chi connectivity index (χ1v) is 12.6. The molecule has 1 saturated heterocycles. The van der Waals surface area contributed by atoms with Crippen LogP contribution in [-0.2, 0) is 0 Å². The molecular weight excluding hydrogens is 446 g/mol. The number of aliphatic imine (C=N–C) groups is 1. The smallest absolute Gasteiger partial charge is 0.146 e. The SMILES string of the molecule is Cc1ccc(/C(=N/c2sc(-c3ccc(Cl)cc3)nc2-c2ccccc2)N2CCCCC2)cc1. The predicted molar refractivity (Wildman–Crippen MR) is 141 cm³/mol.